The molecule has 5 rings (SSSR count). The number of ether oxygens (including phenoxy) is 1. The number of hydrogen-bond donors (Lipinski definition) is 0. The van der Waals surface area contributed by atoms with E-state index in [0.717, 1.165) is 17.7 Å². The molecule has 0 bridgehead atoms. The number of non-ortho nitro benzene ring substituents is 1. The number of furan rings is 1. The van der Waals surface area contributed by atoms with Gasteiger partial charge in [0, 0.05) is 41.8 Å². The molecule has 0 saturated carbocycles. The topological polar surface area (TPSA) is 98.7 Å². The Labute approximate surface area is 164 Å². The molecule has 0 atom stereocenters. The Morgan fingerprint density at radius 2 is 2.14 bits per heavy atom. The molecule has 8 heteroatoms. The first-order chi connectivity index (χ1) is 14.1. The Morgan fingerprint density at radius 1 is 1.28 bits per heavy atom. The van der Waals surface area contributed by atoms with E-state index in [1.54, 1.807) is 29.4 Å². The molecule has 8 nitrogen and oxygen atoms in total. The lowest BCUT2D eigenvalue weighted by Crippen LogP contribution is -2.29. The fourth-order valence-corrected chi connectivity index (χ4v) is 3.88. The second-order valence-corrected chi connectivity index (χ2v) is 6.77. The summed E-state index contributed by atoms with van der Waals surface area (Å²) in [6.07, 6.45) is 4.15. The number of fused-ring (bicyclic) bond motifs is 4. The van der Waals surface area contributed by atoms with Crippen molar-refractivity contribution in [1.29, 1.82) is 0 Å². The van der Waals surface area contributed by atoms with Gasteiger partial charge in [0.1, 0.15) is 5.58 Å². The molecule has 0 radical (unpaired) electrons. The molecule has 2 aromatic carbocycles. The van der Waals surface area contributed by atoms with Gasteiger partial charge in [-0.3, -0.25) is 19.9 Å². The average molecular weight is 389 g/mol. The minimum Gasteiger partial charge on any atom is -0.493 e. The number of carbonyl (C=O) groups excluding carboxylic acids is 1. The highest BCUT2D eigenvalue weighted by Crippen LogP contribution is 2.40. The monoisotopic (exact) mass is 389 g/mol. The number of rotatable bonds is 3. The predicted octanol–water partition coefficient (Wildman–Crippen LogP) is 4.10. The number of methoxy groups -OCH3 is 1. The molecular weight excluding hydrogens is 374 g/mol. The van der Waals surface area contributed by atoms with Gasteiger partial charge in [-0.1, -0.05) is 0 Å². The number of amides is 1. The summed E-state index contributed by atoms with van der Waals surface area (Å²) < 4.78 is 11.3. The van der Waals surface area contributed by atoms with Gasteiger partial charge >= 0.3 is 0 Å². The molecule has 1 aliphatic heterocycles. The van der Waals surface area contributed by atoms with E-state index in [4.69, 9.17) is 9.15 Å². The summed E-state index contributed by atoms with van der Waals surface area (Å²) in [4.78, 5) is 30.1. The van der Waals surface area contributed by atoms with Gasteiger partial charge in [-0.15, -0.1) is 0 Å². The minimum absolute atomic E-state index is 0.0704. The summed E-state index contributed by atoms with van der Waals surface area (Å²) in [7, 11) is 1.51. The van der Waals surface area contributed by atoms with Crippen molar-refractivity contribution >= 4 is 39.2 Å². The van der Waals surface area contributed by atoms with Crippen LogP contribution in [-0.4, -0.2) is 29.5 Å². The SMILES string of the molecule is COc1ccc(C(=O)N2CCc3cnccc32)c2c1oc1ccc([N+](=O)[O-])cc12. The summed E-state index contributed by atoms with van der Waals surface area (Å²) >= 11 is 0. The Balaban J connectivity index is 1.75. The maximum atomic E-state index is 13.5. The molecule has 1 aliphatic rings. The molecule has 0 saturated heterocycles. The van der Waals surface area contributed by atoms with E-state index in [-0.39, 0.29) is 11.6 Å². The summed E-state index contributed by atoms with van der Waals surface area (Å²) in [5, 5.41) is 12.3. The van der Waals surface area contributed by atoms with Gasteiger partial charge in [0.25, 0.3) is 11.6 Å². The predicted molar refractivity (Wildman–Crippen MR) is 107 cm³/mol. The molecule has 3 heterocycles. The summed E-state index contributed by atoms with van der Waals surface area (Å²) in [6.45, 7) is 0.545. The third kappa shape index (κ3) is 2.53. The van der Waals surface area contributed by atoms with Gasteiger partial charge < -0.3 is 14.1 Å². The zero-order chi connectivity index (χ0) is 20.1. The normalized spacial score (nSPS) is 13.1. The van der Waals surface area contributed by atoms with Crippen LogP contribution in [0.4, 0.5) is 11.4 Å². The van der Waals surface area contributed by atoms with Crippen molar-refractivity contribution in [2.45, 2.75) is 6.42 Å². The summed E-state index contributed by atoms with van der Waals surface area (Å²) in [5.74, 6) is 0.262. The smallest absolute Gasteiger partial charge is 0.270 e. The van der Waals surface area contributed by atoms with E-state index in [2.05, 4.69) is 4.98 Å². The zero-order valence-electron chi connectivity index (χ0n) is 15.4. The first-order valence-corrected chi connectivity index (χ1v) is 9.01. The number of benzene rings is 2. The van der Waals surface area contributed by atoms with Crippen molar-refractivity contribution in [3.8, 4) is 5.75 Å². The highest BCUT2D eigenvalue weighted by atomic mass is 16.6. The van der Waals surface area contributed by atoms with Crippen LogP contribution in [0.2, 0.25) is 0 Å². The van der Waals surface area contributed by atoms with Gasteiger partial charge in [0.05, 0.1) is 23.3 Å². The maximum Gasteiger partial charge on any atom is 0.270 e. The van der Waals surface area contributed by atoms with Crippen LogP contribution in [0.25, 0.3) is 21.9 Å². The van der Waals surface area contributed by atoms with Crippen LogP contribution in [0.1, 0.15) is 15.9 Å². The summed E-state index contributed by atoms with van der Waals surface area (Å²) in [6, 6.07) is 9.52. The van der Waals surface area contributed by atoms with Gasteiger partial charge in [-0.2, -0.15) is 0 Å². The Hall–Kier alpha value is -3.94. The molecule has 0 aliphatic carbocycles. The minimum atomic E-state index is -0.469. The van der Waals surface area contributed by atoms with Crippen molar-refractivity contribution < 1.29 is 18.9 Å². The number of nitro benzene ring substituents is 1. The van der Waals surface area contributed by atoms with Crippen LogP contribution in [0.3, 0.4) is 0 Å². The second-order valence-electron chi connectivity index (χ2n) is 6.77. The third-order valence-electron chi connectivity index (χ3n) is 5.25. The van der Waals surface area contributed by atoms with E-state index >= 15 is 0 Å². The van der Waals surface area contributed by atoms with Crippen LogP contribution >= 0.6 is 0 Å². The van der Waals surface area contributed by atoms with Crippen LogP contribution in [0.15, 0.2) is 53.2 Å². The van der Waals surface area contributed by atoms with E-state index in [0.29, 0.717) is 39.8 Å². The van der Waals surface area contributed by atoms with Crippen molar-refractivity contribution in [1.82, 2.24) is 4.98 Å². The standard InChI is InChI=1S/C21H15N3O5/c1-28-18-5-3-14(21(25)23-9-7-12-11-22-8-6-16(12)23)19-15-10-13(24(26)27)2-4-17(15)29-20(18)19/h2-6,8,10-11H,7,9H2,1H3. The largest absolute Gasteiger partial charge is 0.493 e. The van der Waals surface area contributed by atoms with E-state index < -0.39 is 4.92 Å². The Morgan fingerprint density at radius 3 is 2.93 bits per heavy atom. The maximum absolute atomic E-state index is 13.5. The lowest BCUT2D eigenvalue weighted by molar-refractivity contribution is -0.384. The quantitative estimate of drug-likeness (QED) is 0.386. The highest BCUT2D eigenvalue weighted by molar-refractivity contribution is 6.21. The molecule has 1 amide bonds. The second kappa shape index (κ2) is 6.30. The van der Waals surface area contributed by atoms with Crippen molar-refractivity contribution in [3.63, 3.8) is 0 Å². The van der Waals surface area contributed by atoms with Gasteiger partial charge in [0.15, 0.2) is 11.3 Å². The Kier molecular flexibility index (Phi) is 3.73. The van der Waals surface area contributed by atoms with E-state index in [9.17, 15) is 14.9 Å². The van der Waals surface area contributed by atoms with Crippen molar-refractivity contribution in [3.05, 3.63) is 70.0 Å². The molecule has 144 valence electrons. The molecular formula is C21H15N3O5. The first-order valence-electron chi connectivity index (χ1n) is 9.01. The first kappa shape index (κ1) is 17.2. The lowest BCUT2D eigenvalue weighted by atomic mass is 10.0. The number of pyridine rings is 1. The van der Waals surface area contributed by atoms with Crippen LogP contribution in [0.5, 0.6) is 5.75 Å². The fourth-order valence-electron chi connectivity index (χ4n) is 3.88. The van der Waals surface area contributed by atoms with E-state index in [1.807, 2.05) is 6.07 Å². The average Bonchev–Trinajstić information content (AvgIpc) is 3.34. The molecule has 2 aromatic heterocycles. The molecule has 0 fully saturated rings. The Bertz CT molecular complexity index is 1310. The third-order valence-corrected chi connectivity index (χ3v) is 5.25. The molecule has 4 aromatic rings. The molecule has 0 spiro atoms. The number of hydrogen-bond acceptors (Lipinski definition) is 6. The zero-order valence-corrected chi connectivity index (χ0v) is 15.4. The molecule has 0 unspecified atom stereocenters. The number of carbonyl (C=O) groups is 1. The molecule has 29 heavy (non-hydrogen) atoms. The number of nitrogens with zero attached hydrogens (tertiary/aromatic N) is 3. The number of anilines is 1. The van der Waals surface area contributed by atoms with Crippen molar-refractivity contribution in [2.24, 2.45) is 0 Å². The fraction of sp³-hybridized carbons (Fsp3) is 0.143. The van der Waals surface area contributed by atoms with Crippen LogP contribution in [0, 0.1) is 10.1 Å². The summed E-state index contributed by atoms with van der Waals surface area (Å²) in [5.41, 5.74) is 3.02. The highest BCUT2D eigenvalue weighted by Gasteiger charge is 2.29. The van der Waals surface area contributed by atoms with Crippen LogP contribution in [-0.2, 0) is 6.42 Å². The lowest BCUT2D eigenvalue weighted by Gasteiger charge is -2.18. The number of nitro groups is 1. The van der Waals surface area contributed by atoms with Gasteiger partial charge in [-0.25, -0.2) is 0 Å². The van der Waals surface area contributed by atoms with E-state index in [1.165, 1.54) is 25.3 Å². The van der Waals surface area contributed by atoms with Gasteiger partial charge in [-0.05, 0) is 36.2 Å². The molecule has 0 N–H and O–H groups in total. The number of aromatic nitrogens is 1. The van der Waals surface area contributed by atoms with Gasteiger partial charge in [0.2, 0.25) is 0 Å². The van der Waals surface area contributed by atoms with Crippen LogP contribution < -0.4 is 9.64 Å². The van der Waals surface area contributed by atoms with Crippen molar-refractivity contribution in [2.75, 3.05) is 18.6 Å².